The van der Waals surface area contributed by atoms with Gasteiger partial charge in [0.05, 0.1) is 25.4 Å². The summed E-state index contributed by atoms with van der Waals surface area (Å²) < 4.78 is 5.45. The first kappa shape index (κ1) is 59.6. The number of hydrogen-bond donors (Lipinski definition) is 3. The average molecular weight is 862 g/mol. The molecule has 0 saturated heterocycles. The summed E-state index contributed by atoms with van der Waals surface area (Å²) in [6, 6.07) is -0.561. The number of amides is 1. The third-order valence-corrected chi connectivity index (χ3v) is 12.8. The van der Waals surface area contributed by atoms with Crippen molar-refractivity contribution in [3.05, 3.63) is 12.2 Å². The second-order valence-corrected chi connectivity index (χ2v) is 18.9. The maximum absolute atomic E-state index is 12.5. The molecule has 0 aliphatic rings. The number of aliphatic hydroxyl groups excluding tert-OH is 2. The largest absolute Gasteiger partial charge is 0.466 e. The van der Waals surface area contributed by atoms with Gasteiger partial charge in [0.2, 0.25) is 5.91 Å². The van der Waals surface area contributed by atoms with Gasteiger partial charge in [0.1, 0.15) is 0 Å². The first-order valence-corrected chi connectivity index (χ1v) is 27.4. The number of esters is 1. The monoisotopic (exact) mass is 862 g/mol. The normalized spacial score (nSPS) is 12.7. The number of hydrogen-bond acceptors (Lipinski definition) is 5. The Morgan fingerprint density at radius 2 is 0.770 bits per heavy atom. The number of ether oxygens (including phenoxy) is 1. The summed E-state index contributed by atoms with van der Waals surface area (Å²) in [6.45, 7) is 4.92. The van der Waals surface area contributed by atoms with Crippen LogP contribution in [0.3, 0.4) is 0 Å². The number of nitrogens with one attached hydrogen (secondary N) is 1. The Hall–Kier alpha value is -1.40. The van der Waals surface area contributed by atoms with Crippen LogP contribution in [0.2, 0.25) is 0 Å². The van der Waals surface area contributed by atoms with E-state index >= 15 is 0 Å². The maximum atomic E-state index is 12.5. The zero-order valence-corrected chi connectivity index (χ0v) is 41.2. The highest BCUT2D eigenvalue weighted by molar-refractivity contribution is 5.76. The molecule has 0 rings (SSSR count). The molecule has 0 saturated carbocycles. The minimum atomic E-state index is -0.681. The van der Waals surface area contributed by atoms with E-state index in [9.17, 15) is 19.8 Å². The van der Waals surface area contributed by atoms with Crippen molar-refractivity contribution in [2.24, 2.45) is 0 Å². The van der Waals surface area contributed by atoms with E-state index in [0.717, 1.165) is 70.6 Å². The second kappa shape index (κ2) is 51.2. The molecule has 1 amide bonds. The van der Waals surface area contributed by atoms with Crippen molar-refractivity contribution in [3.63, 3.8) is 0 Å². The van der Waals surface area contributed by atoms with Crippen LogP contribution in [0.5, 0.6) is 0 Å². The Bertz CT molecular complexity index is 909. The first-order chi connectivity index (χ1) is 30.0. The Morgan fingerprint density at radius 1 is 0.443 bits per heavy atom. The molecule has 2 atom stereocenters. The quantitative estimate of drug-likeness (QED) is 0.0322. The highest BCUT2D eigenvalue weighted by Gasteiger charge is 2.20. The molecule has 362 valence electrons. The lowest BCUT2D eigenvalue weighted by molar-refractivity contribution is -0.143. The van der Waals surface area contributed by atoms with Crippen molar-refractivity contribution in [1.29, 1.82) is 0 Å². The van der Waals surface area contributed by atoms with Gasteiger partial charge in [-0.15, -0.1) is 0 Å². The zero-order valence-electron chi connectivity index (χ0n) is 41.2. The number of carbonyl (C=O) groups excluding carboxylic acids is 2. The molecule has 0 aliphatic carbocycles. The van der Waals surface area contributed by atoms with Gasteiger partial charge in [-0.1, -0.05) is 251 Å². The molecule has 0 fully saturated rings. The molecule has 61 heavy (non-hydrogen) atoms. The second-order valence-electron chi connectivity index (χ2n) is 18.9. The summed E-state index contributed by atoms with van der Waals surface area (Å²) in [4.78, 5) is 24.5. The van der Waals surface area contributed by atoms with Crippen LogP contribution in [0.1, 0.15) is 303 Å². The van der Waals surface area contributed by atoms with Crippen LogP contribution in [0.4, 0.5) is 0 Å². The fourth-order valence-corrected chi connectivity index (χ4v) is 8.58. The van der Waals surface area contributed by atoms with Gasteiger partial charge in [-0.25, -0.2) is 0 Å². The molecule has 6 heteroatoms. The van der Waals surface area contributed by atoms with E-state index in [4.69, 9.17) is 4.74 Å². The molecule has 0 bridgehead atoms. The van der Waals surface area contributed by atoms with Crippen LogP contribution < -0.4 is 5.32 Å². The molecule has 0 radical (unpaired) electrons. The van der Waals surface area contributed by atoms with Crippen LogP contribution in [-0.2, 0) is 14.3 Å². The van der Waals surface area contributed by atoms with Crippen molar-refractivity contribution in [1.82, 2.24) is 5.32 Å². The third kappa shape index (κ3) is 47.9. The number of rotatable bonds is 51. The highest BCUT2D eigenvalue weighted by Crippen LogP contribution is 2.17. The third-order valence-electron chi connectivity index (χ3n) is 12.8. The summed E-state index contributed by atoms with van der Waals surface area (Å²) in [6.07, 6.45) is 59.0. The predicted molar refractivity (Wildman–Crippen MR) is 264 cm³/mol. The number of unbranched alkanes of at least 4 members (excludes halogenated alkanes) is 38. The van der Waals surface area contributed by atoms with E-state index in [0.29, 0.717) is 25.9 Å². The smallest absolute Gasteiger partial charge is 0.305 e. The van der Waals surface area contributed by atoms with E-state index < -0.39 is 12.1 Å². The van der Waals surface area contributed by atoms with Crippen molar-refractivity contribution in [2.75, 3.05) is 13.2 Å². The SMILES string of the molecule is CCCCCCCCCCCCCCCCCCCCCC(O)C(CO)NC(=O)CCCCC/C=C\CCCCCCCCOC(=O)CCCCCCCCCCCCCC. The minimum absolute atomic E-state index is 0.0113. The number of allylic oxidation sites excluding steroid dienone is 2. The molecular formula is C55H107NO5. The summed E-state index contributed by atoms with van der Waals surface area (Å²) >= 11 is 0. The van der Waals surface area contributed by atoms with Crippen LogP contribution in [0.25, 0.3) is 0 Å². The van der Waals surface area contributed by atoms with Crippen LogP contribution in [-0.4, -0.2) is 47.4 Å². The van der Waals surface area contributed by atoms with E-state index in [-0.39, 0.29) is 18.5 Å². The van der Waals surface area contributed by atoms with Crippen molar-refractivity contribution in [3.8, 4) is 0 Å². The van der Waals surface area contributed by atoms with Gasteiger partial charge in [-0.2, -0.15) is 0 Å². The summed E-state index contributed by atoms with van der Waals surface area (Å²) in [5.41, 5.74) is 0. The van der Waals surface area contributed by atoms with Gasteiger partial charge in [0.15, 0.2) is 0 Å². The van der Waals surface area contributed by atoms with E-state index in [1.807, 2.05) is 0 Å². The molecule has 0 spiro atoms. The molecule has 0 heterocycles. The van der Waals surface area contributed by atoms with E-state index in [1.165, 1.54) is 199 Å². The van der Waals surface area contributed by atoms with E-state index in [2.05, 4.69) is 31.3 Å². The molecule has 0 aromatic heterocycles. The van der Waals surface area contributed by atoms with Crippen LogP contribution in [0, 0.1) is 0 Å². The van der Waals surface area contributed by atoms with Crippen molar-refractivity contribution in [2.45, 2.75) is 315 Å². The van der Waals surface area contributed by atoms with Gasteiger partial charge in [-0.3, -0.25) is 9.59 Å². The number of aliphatic hydroxyl groups is 2. The lowest BCUT2D eigenvalue weighted by atomic mass is 10.0. The molecular weight excluding hydrogens is 755 g/mol. The molecule has 0 aliphatic heterocycles. The lowest BCUT2D eigenvalue weighted by Crippen LogP contribution is -2.45. The predicted octanol–water partition coefficient (Wildman–Crippen LogP) is 16.5. The Morgan fingerprint density at radius 3 is 1.18 bits per heavy atom. The van der Waals surface area contributed by atoms with Gasteiger partial charge >= 0.3 is 5.97 Å². The molecule has 6 nitrogen and oxygen atoms in total. The Balaban J connectivity index is 3.49. The van der Waals surface area contributed by atoms with Gasteiger partial charge in [0.25, 0.3) is 0 Å². The molecule has 3 N–H and O–H groups in total. The summed E-state index contributed by atoms with van der Waals surface area (Å²) in [5.74, 6) is -0.0734. The van der Waals surface area contributed by atoms with Gasteiger partial charge in [0, 0.05) is 12.8 Å². The maximum Gasteiger partial charge on any atom is 0.305 e. The number of carbonyl (C=O) groups is 2. The average Bonchev–Trinajstić information content (AvgIpc) is 3.26. The Labute approximate surface area is 380 Å². The van der Waals surface area contributed by atoms with Crippen molar-refractivity contribution < 1.29 is 24.5 Å². The van der Waals surface area contributed by atoms with Crippen LogP contribution in [0.15, 0.2) is 12.2 Å². The molecule has 0 aromatic carbocycles. The molecule has 2 unspecified atom stereocenters. The van der Waals surface area contributed by atoms with Gasteiger partial charge in [-0.05, 0) is 51.4 Å². The standard InChI is InChI=1S/C55H107NO5/c1-3-5-7-9-11-13-15-17-18-19-20-21-22-24-27-31-35-39-43-47-53(58)52(51-57)56-54(59)48-44-40-36-32-28-25-23-26-30-34-38-42-46-50-61-55(60)49-45-41-37-33-29-16-14-12-10-8-6-4-2/h25,28,52-53,57-58H,3-24,26-27,29-51H2,1-2H3,(H,56,59)/b28-25-. The van der Waals surface area contributed by atoms with E-state index in [1.54, 1.807) is 0 Å². The zero-order chi connectivity index (χ0) is 44.4. The first-order valence-electron chi connectivity index (χ1n) is 27.4. The Kier molecular flexibility index (Phi) is 50.1. The fraction of sp³-hybridized carbons (Fsp3) is 0.927. The van der Waals surface area contributed by atoms with Crippen LogP contribution >= 0.6 is 0 Å². The fourth-order valence-electron chi connectivity index (χ4n) is 8.58. The minimum Gasteiger partial charge on any atom is -0.466 e. The van der Waals surface area contributed by atoms with Gasteiger partial charge < -0.3 is 20.3 Å². The summed E-state index contributed by atoms with van der Waals surface area (Å²) in [5, 5.41) is 23.3. The topological polar surface area (TPSA) is 95.9 Å². The highest BCUT2D eigenvalue weighted by atomic mass is 16.5. The molecule has 0 aromatic rings. The summed E-state index contributed by atoms with van der Waals surface area (Å²) in [7, 11) is 0. The van der Waals surface area contributed by atoms with Crippen molar-refractivity contribution >= 4 is 11.9 Å². The lowest BCUT2D eigenvalue weighted by Gasteiger charge is -2.22.